The number of fused-ring (bicyclic) bond motifs is 4. The van der Waals surface area contributed by atoms with E-state index >= 15 is 4.79 Å². The smallest absolute Gasteiger partial charge is 0.260 e. The predicted molar refractivity (Wildman–Crippen MR) is 200 cm³/mol. The SMILES string of the molecule is COc1cc(C=CC2C3=CCC4C(=O)N(Cc5cccs5)C(=O)C4C3CC3C(=O)N(Nc4ccc(C)cc4)C(=O)C23c2ccccc2)cc(OC)c1O. The summed E-state index contributed by atoms with van der Waals surface area (Å²) in [5, 5.41) is 13.7. The maximum atomic E-state index is 15.2. The molecular weight excluding hydrogens is 691 g/mol. The monoisotopic (exact) mass is 729 g/mol. The van der Waals surface area contributed by atoms with Crippen LogP contribution in [-0.2, 0) is 31.1 Å². The minimum absolute atomic E-state index is 0.141. The molecule has 2 N–H and O–H groups in total. The first kappa shape index (κ1) is 34.4. The minimum atomic E-state index is -1.38. The van der Waals surface area contributed by atoms with Crippen molar-refractivity contribution >= 4 is 46.7 Å². The van der Waals surface area contributed by atoms with Gasteiger partial charge in [0.2, 0.25) is 17.6 Å². The summed E-state index contributed by atoms with van der Waals surface area (Å²) in [6, 6.07) is 24.0. The van der Waals surface area contributed by atoms with E-state index in [4.69, 9.17) is 9.47 Å². The zero-order chi connectivity index (χ0) is 37.0. The summed E-state index contributed by atoms with van der Waals surface area (Å²) >= 11 is 1.50. The highest BCUT2D eigenvalue weighted by Crippen LogP contribution is 2.61. The second-order valence-electron chi connectivity index (χ2n) is 14.1. The maximum Gasteiger partial charge on any atom is 0.260 e. The summed E-state index contributed by atoms with van der Waals surface area (Å²) in [6.07, 6.45) is 6.36. The van der Waals surface area contributed by atoms with Crippen molar-refractivity contribution in [2.24, 2.45) is 29.6 Å². The molecule has 0 spiro atoms. The van der Waals surface area contributed by atoms with Crippen LogP contribution in [0.3, 0.4) is 0 Å². The van der Waals surface area contributed by atoms with E-state index in [1.54, 1.807) is 12.1 Å². The van der Waals surface area contributed by atoms with Crippen LogP contribution in [0.5, 0.6) is 17.2 Å². The Morgan fingerprint density at radius 2 is 1.62 bits per heavy atom. The molecule has 1 aromatic heterocycles. The number of amides is 4. The number of nitrogens with zero attached hydrogens (tertiary/aromatic N) is 2. The Kier molecular flexibility index (Phi) is 8.69. The molecule has 1 saturated carbocycles. The lowest BCUT2D eigenvalue weighted by atomic mass is 9.50. The first-order valence-electron chi connectivity index (χ1n) is 17.6. The number of carbonyl (C=O) groups is 4. The first-order valence-corrected chi connectivity index (χ1v) is 18.5. The highest BCUT2D eigenvalue weighted by Gasteiger charge is 2.69. The molecule has 4 aliphatic rings. The fraction of sp³-hybridized carbons (Fsp3) is 0.286. The number of hydrazine groups is 1. The Bertz CT molecular complexity index is 2140. The van der Waals surface area contributed by atoms with Gasteiger partial charge < -0.3 is 14.6 Å². The summed E-state index contributed by atoms with van der Waals surface area (Å²) in [6.45, 7) is 2.17. The van der Waals surface area contributed by atoms with E-state index < -0.39 is 40.9 Å². The molecule has 2 aliphatic heterocycles. The van der Waals surface area contributed by atoms with Crippen LogP contribution in [0.2, 0.25) is 0 Å². The lowest BCUT2D eigenvalue weighted by molar-refractivity contribution is -0.141. The molecule has 3 fully saturated rings. The Labute approximate surface area is 311 Å². The van der Waals surface area contributed by atoms with Crippen molar-refractivity contribution in [2.75, 3.05) is 19.6 Å². The van der Waals surface area contributed by atoms with Crippen LogP contribution in [-0.4, -0.2) is 52.9 Å². The van der Waals surface area contributed by atoms with Gasteiger partial charge >= 0.3 is 0 Å². The van der Waals surface area contributed by atoms with Gasteiger partial charge in [0, 0.05) is 10.8 Å². The van der Waals surface area contributed by atoms with Crippen molar-refractivity contribution in [1.82, 2.24) is 9.91 Å². The number of carbonyl (C=O) groups excluding carboxylic acids is 4. The zero-order valence-electron chi connectivity index (χ0n) is 29.5. The number of hydrogen-bond donors (Lipinski definition) is 2. The number of aromatic hydroxyl groups is 1. The summed E-state index contributed by atoms with van der Waals surface area (Å²) in [7, 11) is 2.90. The van der Waals surface area contributed by atoms with Crippen LogP contribution in [0.4, 0.5) is 5.69 Å². The number of benzene rings is 3. The standard InChI is InChI=1S/C42H39N3O7S/c1-24-11-14-27(15-12-24)43-45-39(48)33-22-31-29(16-17-30-36(31)40(49)44(38(30)47)23-28-10-7-19-53-28)32(42(33,41(45)50)26-8-5-4-6-9-26)18-13-25-20-34(51-2)37(46)35(21-25)52-3/h4-16,18-21,30-33,36,43,46H,17,22-23H2,1-3H3. The van der Waals surface area contributed by atoms with E-state index in [9.17, 15) is 19.5 Å². The Balaban J connectivity index is 1.29. The summed E-state index contributed by atoms with van der Waals surface area (Å²) in [5.74, 6) is -4.16. The van der Waals surface area contributed by atoms with Gasteiger partial charge in [0.15, 0.2) is 11.5 Å². The van der Waals surface area contributed by atoms with Gasteiger partial charge in [0.1, 0.15) is 0 Å². The number of likely N-dealkylation sites (tertiary alicyclic amines) is 1. The molecule has 8 rings (SSSR count). The number of allylic oxidation sites excluding steroid dienone is 3. The number of nitrogens with one attached hydrogen (secondary N) is 1. The van der Waals surface area contributed by atoms with Gasteiger partial charge in [-0.2, -0.15) is 5.01 Å². The summed E-state index contributed by atoms with van der Waals surface area (Å²) in [4.78, 5) is 60.6. The summed E-state index contributed by atoms with van der Waals surface area (Å²) in [5.41, 5.74) is 5.54. The molecule has 4 amide bonds. The second-order valence-corrected chi connectivity index (χ2v) is 15.1. The third kappa shape index (κ3) is 5.44. The van der Waals surface area contributed by atoms with Gasteiger partial charge in [0.25, 0.3) is 11.8 Å². The van der Waals surface area contributed by atoms with Crippen molar-refractivity contribution in [1.29, 1.82) is 0 Å². The largest absolute Gasteiger partial charge is 0.502 e. The van der Waals surface area contributed by atoms with Crippen LogP contribution in [0.1, 0.15) is 34.4 Å². The molecular formula is C42H39N3O7S. The van der Waals surface area contributed by atoms with E-state index in [2.05, 4.69) is 5.43 Å². The van der Waals surface area contributed by atoms with Crippen LogP contribution < -0.4 is 14.9 Å². The van der Waals surface area contributed by atoms with Gasteiger partial charge in [-0.05, 0) is 72.5 Å². The number of rotatable bonds is 9. The molecule has 4 aromatic rings. The van der Waals surface area contributed by atoms with E-state index in [1.807, 2.05) is 97.3 Å². The topological polar surface area (TPSA) is 125 Å². The quantitative estimate of drug-likeness (QED) is 0.148. The molecule has 6 atom stereocenters. The number of ether oxygens (including phenoxy) is 2. The van der Waals surface area contributed by atoms with Gasteiger partial charge in [-0.25, -0.2) is 0 Å². The molecule has 0 bridgehead atoms. The number of hydrogen-bond acceptors (Lipinski definition) is 9. The summed E-state index contributed by atoms with van der Waals surface area (Å²) < 4.78 is 10.9. The number of thiophene rings is 1. The number of imide groups is 2. The number of aryl methyl sites for hydroxylation is 1. The van der Waals surface area contributed by atoms with E-state index in [0.29, 0.717) is 23.2 Å². The third-order valence-electron chi connectivity index (χ3n) is 11.4. The number of phenolic OH excluding ortho intramolecular Hbond substituents is 1. The van der Waals surface area contributed by atoms with Gasteiger partial charge in [-0.15, -0.1) is 11.3 Å². The molecule has 53 heavy (non-hydrogen) atoms. The molecule has 2 saturated heterocycles. The van der Waals surface area contributed by atoms with Crippen molar-refractivity contribution in [3.8, 4) is 17.2 Å². The van der Waals surface area contributed by atoms with Crippen LogP contribution in [0, 0.1) is 36.5 Å². The van der Waals surface area contributed by atoms with E-state index in [-0.39, 0.29) is 47.9 Å². The molecule has 270 valence electrons. The molecule has 6 unspecified atom stereocenters. The van der Waals surface area contributed by atoms with Gasteiger partial charge in [-0.1, -0.05) is 77.9 Å². The average molecular weight is 730 g/mol. The second kappa shape index (κ2) is 13.4. The van der Waals surface area contributed by atoms with Crippen molar-refractivity contribution in [3.63, 3.8) is 0 Å². The minimum Gasteiger partial charge on any atom is -0.502 e. The molecule has 10 nitrogen and oxygen atoms in total. The molecule has 3 aromatic carbocycles. The van der Waals surface area contributed by atoms with E-state index in [1.165, 1.54) is 30.5 Å². The fourth-order valence-corrected chi connectivity index (χ4v) is 9.68. The number of phenols is 1. The van der Waals surface area contributed by atoms with Crippen molar-refractivity contribution in [2.45, 2.75) is 31.7 Å². The molecule has 11 heteroatoms. The van der Waals surface area contributed by atoms with E-state index in [0.717, 1.165) is 21.0 Å². The Morgan fingerprint density at radius 1 is 0.906 bits per heavy atom. The first-order chi connectivity index (χ1) is 25.7. The highest BCUT2D eigenvalue weighted by atomic mass is 32.1. The van der Waals surface area contributed by atoms with Crippen molar-refractivity contribution < 1.29 is 33.8 Å². The lowest BCUT2D eigenvalue weighted by Crippen LogP contribution is -2.54. The number of methoxy groups -OCH3 is 2. The van der Waals surface area contributed by atoms with Crippen molar-refractivity contribution in [3.05, 3.63) is 124 Å². The zero-order valence-corrected chi connectivity index (χ0v) is 30.3. The number of anilines is 1. The maximum absolute atomic E-state index is 15.2. The highest BCUT2D eigenvalue weighted by molar-refractivity contribution is 7.09. The van der Waals surface area contributed by atoms with Crippen LogP contribution in [0.15, 0.2) is 102 Å². The predicted octanol–water partition coefficient (Wildman–Crippen LogP) is 6.51. The fourth-order valence-electron chi connectivity index (χ4n) is 8.99. The molecule has 2 aliphatic carbocycles. The molecule has 3 heterocycles. The lowest BCUT2D eigenvalue weighted by Gasteiger charge is -2.49. The third-order valence-corrected chi connectivity index (χ3v) is 12.3. The average Bonchev–Trinajstić information content (AvgIpc) is 3.84. The Hall–Kier alpha value is -5.68. The normalized spacial score (nSPS) is 26.4. The van der Waals surface area contributed by atoms with Gasteiger partial charge in [0.05, 0.1) is 49.6 Å². The molecule has 0 radical (unpaired) electrons. The Morgan fingerprint density at radius 3 is 2.28 bits per heavy atom. The van der Waals surface area contributed by atoms with Gasteiger partial charge in [-0.3, -0.25) is 29.5 Å². The van der Waals surface area contributed by atoms with Crippen LogP contribution in [0.25, 0.3) is 6.08 Å². The van der Waals surface area contributed by atoms with Crippen LogP contribution >= 0.6 is 11.3 Å².